The Morgan fingerprint density at radius 3 is 2.92 bits per heavy atom. The number of hydrogen-bond acceptors (Lipinski definition) is 3. The molecular formula is C9H8O3. The number of aldehydes is 1. The molecule has 0 atom stereocenters. The third kappa shape index (κ3) is 2.54. The first-order valence-electron chi connectivity index (χ1n) is 3.50. The molecule has 1 aliphatic heterocycles. The van der Waals surface area contributed by atoms with Crippen molar-refractivity contribution in [3.63, 3.8) is 0 Å². The summed E-state index contributed by atoms with van der Waals surface area (Å²) in [5, 5.41) is 0. The molecule has 3 heteroatoms. The predicted octanol–water partition coefficient (Wildman–Crippen LogP) is 1.13. The summed E-state index contributed by atoms with van der Waals surface area (Å²) in [4.78, 5) is 21.2. The molecule has 62 valence electrons. The average molecular weight is 164 g/mol. The topological polar surface area (TPSA) is 43.4 Å². The van der Waals surface area contributed by atoms with Crippen LogP contribution < -0.4 is 0 Å². The van der Waals surface area contributed by atoms with Crippen molar-refractivity contribution in [2.24, 2.45) is 0 Å². The molecule has 0 saturated carbocycles. The van der Waals surface area contributed by atoms with Crippen molar-refractivity contribution < 1.29 is 14.3 Å². The van der Waals surface area contributed by atoms with E-state index in [0.29, 0.717) is 11.9 Å². The third-order valence-electron chi connectivity index (χ3n) is 1.31. The minimum Gasteiger partial charge on any atom is -0.434 e. The van der Waals surface area contributed by atoms with Gasteiger partial charge in [-0.3, -0.25) is 9.59 Å². The van der Waals surface area contributed by atoms with Gasteiger partial charge in [0, 0.05) is 5.57 Å². The molecule has 0 aromatic heterocycles. The fourth-order valence-electron chi connectivity index (χ4n) is 0.752. The van der Waals surface area contributed by atoms with Crippen LogP contribution in [0.3, 0.4) is 0 Å². The lowest BCUT2D eigenvalue weighted by atomic mass is 10.2. The molecule has 0 radical (unpaired) electrons. The molecular weight excluding hydrogens is 156 g/mol. The second-order valence-corrected chi connectivity index (χ2v) is 2.24. The maximum absolute atomic E-state index is 10.9. The van der Waals surface area contributed by atoms with Crippen molar-refractivity contribution in [3.8, 4) is 0 Å². The summed E-state index contributed by atoms with van der Waals surface area (Å²) in [5.74, 6) is -0.423. The van der Waals surface area contributed by atoms with Gasteiger partial charge in [-0.2, -0.15) is 0 Å². The van der Waals surface area contributed by atoms with E-state index < -0.39 is 5.97 Å². The Kier molecular flexibility index (Phi) is 3.02. The van der Waals surface area contributed by atoms with E-state index in [2.05, 4.69) is 4.74 Å². The normalized spacial score (nSPS) is 26.7. The lowest BCUT2D eigenvalue weighted by Gasteiger charge is -1.95. The molecule has 12 heavy (non-hydrogen) atoms. The van der Waals surface area contributed by atoms with Gasteiger partial charge in [-0.15, -0.1) is 0 Å². The van der Waals surface area contributed by atoms with E-state index in [1.807, 2.05) is 0 Å². The average Bonchev–Trinajstić information content (AvgIpc) is 2.16. The van der Waals surface area contributed by atoms with Crippen molar-refractivity contribution in [1.29, 1.82) is 0 Å². The molecule has 1 aliphatic rings. The van der Waals surface area contributed by atoms with Crippen molar-refractivity contribution in [3.05, 3.63) is 36.1 Å². The molecule has 0 fully saturated rings. The van der Waals surface area contributed by atoms with E-state index in [9.17, 15) is 9.59 Å². The quantitative estimate of drug-likeness (QED) is 0.431. The predicted molar refractivity (Wildman–Crippen MR) is 43.1 cm³/mol. The van der Waals surface area contributed by atoms with Crippen LogP contribution in [0.4, 0.5) is 0 Å². The lowest BCUT2D eigenvalue weighted by molar-refractivity contribution is -0.137. The number of carbonyl (C=O) groups excluding carboxylic acids is 2. The minimum atomic E-state index is -0.423. The van der Waals surface area contributed by atoms with Crippen LogP contribution in [0.5, 0.6) is 0 Å². The zero-order chi connectivity index (χ0) is 8.81. The Morgan fingerprint density at radius 1 is 1.33 bits per heavy atom. The fraction of sp³-hybridized carbons (Fsp3) is 0.111. The van der Waals surface area contributed by atoms with Crippen molar-refractivity contribution in [1.82, 2.24) is 0 Å². The summed E-state index contributed by atoms with van der Waals surface area (Å²) in [7, 11) is 0. The highest BCUT2D eigenvalue weighted by Crippen LogP contribution is 2.02. The van der Waals surface area contributed by atoms with E-state index in [4.69, 9.17) is 0 Å². The largest absolute Gasteiger partial charge is 0.434 e. The Labute approximate surface area is 70.0 Å². The van der Waals surface area contributed by atoms with Gasteiger partial charge in [0.1, 0.15) is 6.29 Å². The number of hydrogen-bond donors (Lipinski definition) is 0. The van der Waals surface area contributed by atoms with Crippen LogP contribution in [0.15, 0.2) is 36.1 Å². The van der Waals surface area contributed by atoms with Gasteiger partial charge in [-0.25, -0.2) is 0 Å². The van der Waals surface area contributed by atoms with Gasteiger partial charge in [0.05, 0.1) is 12.7 Å². The molecule has 0 N–H and O–H groups in total. The van der Waals surface area contributed by atoms with Gasteiger partial charge < -0.3 is 4.74 Å². The molecule has 0 bridgehead atoms. The standard InChI is InChI=1S/C9H8O3/c10-7-8-4-2-1-3-5-12-9(11)6-8/h1-5,7H,6H2/b2-1-,5-3-,8-4+. The van der Waals surface area contributed by atoms with Crippen molar-refractivity contribution in [2.75, 3.05) is 0 Å². The second-order valence-electron chi connectivity index (χ2n) is 2.24. The maximum Gasteiger partial charge on any atom is 0.315 e. The molecule has 0 aliphatic carbocycles. The Balaban J connectivity index is 2.80. The van der Waals surface area contributed by atoms with E-state index >= 15 is 0 Å². The van der Waals surface area contributed by atoms with E-state index in [-0.39, 0.29) is 6.42 Å². The summed E-state index contributed by atoms with van der Waals surface area (Å²) >= 11 is 0. The fourth-order valence-corrected chi connectivity index (χ4v) is 0.752. The van der Waals surface area contributed by atoms with Gasteiger partial charge in [-0.05, 0) is 6.08 Å². The van der Waals surface area contributed by atoms with Crippen LogP contribution in [0.25, 0.3) is 0 Å². The monoisotopic (exact) mass is 164 g/mol. The summed E-state index contributed by atoms with van der Waals surface area (Å²) in [5.41, 5.74) is 0.417. The van der Waals surface area contributed by atoms with Crippen LogP contribution in [0.1, 0.15) is 6.42 Å². The number of esters is 1. The molecule has 0 unspecified atom stereocenters. The number of allylic oxidation sites excluding steroid dienone is 4. The summed E-state index contributed by atoms with van der Waals surface area (Å²) in [6, 6.07) is 0. The van der Waals surface area contributed by atoms with Crippen LogP contribution in [-0.4, -0.2) is 12.3 Å². The number of rotatable bonds is 1. The highest BCUT2D eigenvalue weighted by molar-refractivity contribution is 5.85. The van der Waals surface area contributed by atoms with Crippen LogP contribution in [0, 0.1) is 0 Å². The maximum atomic E-state index is 10.9. The highest BCUT2D eigenvalue weighted by atomic mass is 16.5. The van der Waals surface area contributed by atoms with Gasteiger partial charge in [0.2, 0.25) is 0 Å². The molecule has 1 heterocycles. The highest BCUT2D eigenvalue weighted by Gasteiger charge is 2.04. The van der Waals surface area contributed by atoms with Crippen LogP contribution >= 0.6 is 0 Å². The summed E-state index contributed by atoms with van der Waals surface area (Å²) in [6.07, 6.45) is 8.51. The van der Waals surface area contributed by atoms with Crippen LogP contribution in [-0.2, 0) is 14.3 Å². The summed E-state index contributed by atoms with van der Waals surface area (Å²) < 4.78 is 4.62. The molecule has 0 aromatic rings. The van der Waals surface area contributed by atoms with Gasteiger partial charge in [0.25, 0.3) is 0 Å². The molecule has 1 rings (SSSR count). The lowest BCUT2D eigenvalue weighted by Crippen LogP contribution is -2.01. The van der Waals surface area contributed by atoms with Gasteiger partial charge in [-0.1, -0.05) is 18.2 Å². The smallest absolute Gasteiger partial charge is 0.315 e. The Morgan fingerprint density at radius 2 is 2.17 bits per heavy atom. The van der Waals surface area contributed by atoms with Gasteiger partial charge >= 0.3 is 5.97 Å². The molecule has 3 nitrogen and oxygen atoms in total. The van der Waals surface area contributed by atoms with Crippen molar-refractivity contribution >= 4 is 12.3 Å². The second kappa shape index (κ2) is 4.28. The zero-order valence-electron chi connectivity index (χ0n) is 6.40. The first kappa shape index (κ1) is 8.46. The Bertz CT molecular complexity index is 271. The SMILES string of the molecule is O=C/C1=C/C=C\C=C/OC(=O)C1. The van der Waals surface area contributed by atoms with E-state index in [1.165, 1.54) is 6.26 Å². The molecule has 0 saturated heterocycles. The van der Waals surface area contributed by atoms with Crippen molar-refractivity contribution in [2.45, 2.75) is 6.42 Å². The third-order valence-corrected chi connectivity index (χ3v) is 1.31. The first-order chi connectivity index (χ1) is 5.83. The minimum absolute atomic E-state index is 0.0260. The van der Waals surface area contributed by atoms with Crippen LogP contribution in [0.2, 0.25) is 0 Å². The number of ether oxygens (including phenoxy) is 1. The number of cyclic esters (lactones) is 1. The Hall–Kier alpha value is -1.64. The molecule has 0 aromatic carbocycles. The summed E-state index contributed by atoms with van der Waals surface area (Å²) in [6.45, 7) is 0. The molecule has 0 amide bonds. The zero-order valence-corrected chi connectivity index (χ0v) is 6.40. The first-order valence-corrected chi connectivity index (χ1v) is 3.50. The number of carbonyl (C=O) groups is 2. The van der Waals surface area contributed by atoms with Gasteiger partial charge in [0.15, 0.2) is 0 Å². The molecule has 0 spiro atoms. The van der Waals surface area contributed by atoms with E-state index in [1.54, 1.807) is 24.3 Å². The van der Waals surface area contributed by atoms with E-state index in [0.717, 1.165) is 0 Å².